The number of piperidine rings is 1. The van der Waals surface area contributed by atoms with E-state index in [-0.39, 0.29) is 10.8 Å². The van der Waals surface area contributed by atoms with Gasteiger partial charge in [-0.05, 0) is 68.7 Å². The van der Waals surface area contributed by atoms with Gasteiger partial charge in [0, 0.05) is 18.0 Å². The SMILES string of the molecule is CSc1ccc(S(=O)(=O)Nc2ccc(C)cc2C)cc1C(=O)N1CCC(C)CC1. The lowest BCUT2D eigenvalue weighted by atomic mass is 9.98. The van der Waals surface area contributed by atoms with Crippen molar-refractivity contribution in [2.45, 2.75) is 43.4 Å². The van der Waals surface area contributed by atoms with Gasteiger partial charge < -0.3 is 4.90 Å². The molecule has 1 aliphatic rings. The Morgan fingerprint density at radius 3 is 2.41 bits per heavy atom. The minimum atomic E-state index is -3.80. The minimum Gasteiger partial charge on any atom is -0.339 e. The van der Waals surface area contributed by atoms with Crippen LogP contribution in [0.5, 0.6) is 0 Å². The molecule has 1 amide bonds. The van der Waals surface area contributed by atoms with Crippen molar-refractivity contribution < 1.29 is 13.2 Å². The van der Waals surface area contributed by atoms with Crippen LogP contribution in [0.4, 0.5) is 5.69 Å². The fourth-order valence-electron chi connectivity index (χ4n) is 3.54. The zero-order valence-corrected chi connectivity index (χ0v) is 19.0. The topological polar surface area (TPSA) is 66.5 Å². The molecule has 0 spiro atoms. The smallest absolute Gasteiger partial charge is 0.261 e. The lowest BCUT2D eigenvalue weighted by Crippen LogP contribution is -2.38. The number of likely N-dealkylation sites (tertiary alicyclic amines) is 1. The van der Waals surface area contributed by atoms with Gasteiger partial charge in [-0.15, -0.1) is 11.8 Å². The summed E-state index contributed by atoms with van der Waals surface area (Å²) in [4.78, 5) is 15.8. The van der Waals surface area contributed by atoms with Crippen molar-refractivity contribution in [3.8, 4) is 0 Å². The van der Waals surface area contributed by atoms with Crippen LogP contribution in [-0.4, -0.2) is 38.6 Å². The molecule has 5 nitrogen and oxygen atoms in total. The molecule has 1 fully saturated rings. The van der Waals surface area contributed by atoms with E-state index >= 15 is 0 Å². The van der Waals surface area contributed by atoms with Crippen LogP contribution in [0.3, 0.4) is 0 Å². The molecule has 0 aliphatic carbocycles. The third-order valence-electron chi connectivity index (χ3n) is 5.41. The number of thioether (sulfide) groups is 1. The summed E-state index contributed by atoms with van der Waals surface area (Å²) in [6.07, 6.45) is 3.85. The second-order valence-electron chi connectivity index (χ2n) is 7.76. The third-order valence-corrected chi connectivity index (χ3v) is 7.57. The summed E-state index contributed by atoms with van der Waals surface area (Å²) in [6.45, 7) is 7.46. The van der Waals surface area contributed by atoms with Crippen LogP contribution in [0.2, 0.25) is 0 Å². The number of nitrogens with zero attached hydrogens (tertiary/aromatic N) is 1. The fraction of sp³-hybridized carbons (Fsp3) is 0.409. The molecule has 29 heavy (non-hydrogen) atoms. The number of hydrogen-bond acceptors (Lipinski definition) is 4. The van der Waals surface area contributed by atoms with E-state index < -0.39 is 10.0 Å². The Bertz CT molecular complexity index is 1010. The van der Waals surface area contributed by atoms with Crippen LogP contribution < -0.4 is 4.72 Å². The summed E-state index contributed by atoms with van der Waals surface area (Å²) in [5.74, 6) is 0.526. The molecule has 0 aromatic heterocycles. The number of aryl methyl sites for hydroxylation is 2. The first-order valence-electron chi connectivity index (χ1n) is 9.78. The number of anilines is 1. The van der Waals surface area contributed by atoms with Crippen LogP contribution >= 0.6 is 11.8 Å². The Morgan fingerprint density at radius 2 is 1.79 bits per heavy atom. The van der Waals surface area contributed by atoms with Crippen molar-refractivity contribution in [3.63, 3.8) is 0 Å². The van der Waals surface area contributed by atoms with Gasteiger partial charge in [-0.25, -0.2) is 8.42 Å². The van der Waals surface area contributed by atoms with E-state index in [0.717, 1.165) is 28.9 Å². The van der Waals surface area contributed by atoms with Gasteiger partial charge in [0.1, 0.15) is 0 Å². The average Bonchev–Trinajstić information content (AvgIpc) is 2.69. The highest BCUT2D eigenvalue weighted by Gasteiger charge is 2.25. The normalized spacial score (nSPS) is 15.4. The van der Waals surface area contributed by atoms with E-state index in [2.05, 4.69) is 11.6 Å². The molecule has 3 rings (SSSR count). The van der Waals surface area contributed by atoms with E-state index in [1.165, 1.54) is 17.8 Å². The largest absolute Gasteiger partial charge is 0.339 e. The number of carbonyl (C=O) groups excluding carboxylic acids is 1. The van der Waals surface area contributed by atoms with Gasteiger partial charge >= 0.3 is 0 Å². The maximum Gasteiger partial charge on any atom is 0.261 e. The van der Waals surface area contributed by atoms with Crippen molar-refractivity contribution >= 4 is 33.4 Å². The Hall–Kier alpha value is -1.99. The quantitative estimate of drug-likeness (QED) is 0.696. The Kier molecular flexibility index (Phi) is 6.58. The van der Waals surface area contributed by atoms with Gasteiger partial charge in [-0.2, -0.15) is 0 Å². The van der Waals surface area contributed by atoms with E-state index in [1.807, 2.05) is 37.1 Å². The average molecular weight is 433 g/mol. The van der Waals surface area contributed by atoms with Gasteiger partial charge in [-0.3, -0.25) is 9.52 Å². The maximum atomic E-state index is 13.1. The fourth-order valence-corrected chi connectivity index (χ4v) is 5.26. The molecule has 0 radical (unpaired) electrons. The molecule has 1 heterocycles. The molecule has 156 valence electrons. The highest BCUT2D eigenvalue weighted by molar-refractivity contribution is 7.98. The molecule has 1 N–H and O–H groups in total. The van der Waals surface area contributed by atoms with E-state index in [9.17, 15) is 13.2 Å². The Balaban J connectivity index is 1.91. The highest BCUT2D eigenvalue weighted by Crippen LogP contribution is 2.28. The number of benzene rings is 2. The number of carbonyl (C=O) groups is 1. The Labute approximate surface area is 177 Å². The second kappa shape index (κ2) is 8.79. The number of hydrogen-bond donors (Lipinski definition) is 1. The van der Waals surface area contributed by atoms with E-state index in [4.69, 9.17) is 0 Å². The van der Waals surface area contributed by atoms with Gasteiger partial charge in [-0.1, -0.05) is 24.6 Å². The molecule has 0 unspecified atom stereocenters. The molecule has 2 aromatic carbocycles. The van der Waals surface area contributed by atoms with Crippen LogP contribution in [0.15, 0.2) is 46.2 Å². The van der Waals surface area contributed by atoms with Crippen molar-refractivity contribution in [1.82, 2.24) is 4.90 Å². The predicted molar refractivity (Wildman–Crippen MR) is 119 cm³/mol. The first kappa shape index (κ1) is 21.7. The summed E-state index contributed by atoms with van der Waals surface area (Å²) in [7, 11) is -3.80. The lowest BCUT2D eigenvalue weighted by Gasteiger charge is -2.30. The Morgan fingerprint density at radius 1 is 1.10 bits per heavy atom. The third kappa shape index (κ3) is 4.95. The first-order chi connectivity index (χ1) is 13.7. The summed E-state index contributed by atoms with van der Waals surface area (Å²) < 4.78 is 28.6. The molecule has 0 atom stereocenters. The molecular formula is C22H28N2O3S2. The number of amides is 1. The van der Waals surface area contributed by atoms with E-state index in [1.54, 1.807) is 18.2 Å². The van der Waals surface area contributed by atoms with Crippen molar-refractivity contribution in [3.05, 3.63) is 53.1 Å². The van der Waals surface area contributed by atoms with Crippen molar-refractivity contribution in [1.29, 1.82) is 0 Å². The van der Waals surface area contributed by atoms with Gasteiger partial charge in [0.15, 0.2) is 0 Å². The molecule has 1 saturated heterocycles. The molecule has 0 saturated carbocycles. The van der Waals surface area contributed by atoms with Gasteiger partial charge in [0.05, 0.1) is 16.1 Å². The minimum absolute atomic E-state index is 0.0928. The van der Waals surface area contributed by atoms with Crippen LogP contribution in [0.25, 0.3) is 0 Å². The van der Waals surface area contributed by atoms with Crippen LogP contribution in [0, 0.1) is 19.8 Å². The molecule has 2 aromatic rings. The molecular weight excluding hydrogens is 404 g/mol. The second-order valence-corrected chi connectivity index (χ2v) is 10.3. The number of nitrogens with one attached hydrogen (secondary N) is 1. The van der Waals surface area contributed by atoms with E-state index in [0.29, 0.717) is 30.3 Å². The molecule has 7 heteroatoms. The number of sulfonamides is 1. The van der Waals surface area contributed by atoms with Crippen LogP contribution in [-0.2, 0) is 10.0 Å². The summed E-state index contributed by atoms with van der Waals surface area (Å²) in [5.41, 5.74) is 2.92. The number of rotatable bonds is 5. The maximum absolute atomic E-state index is 13.1. The zero-order valence-electron chi connectivity index (χ0n) is 17.4. The van der Waals surface area contributed by atoms with Gasteiger partial charge in [0.2, 0.25) is 0 Å². The van der Waals surface area contributed by atoms with Crippen molar-refractivity contribution in [2.75, 3.05) is 24.1 Å². The molecule has 0 bridgehead atoms. The monoisotopic (exact) mass is 432 g/mol. The van der Waals surface area contributed by atoms with Crippen LogP contribution in [0.1, 0.15) is 41.3 Å². The standard InChI is InChI=1S/C22H28N2O3S2/c1-15-9-11-24(12-10-15)22(25)19-14-18(6-8-21(19)28-4)29(26,27)23-20-7-5-16(2)13-17(20)3/h5-8,13-15,23H,9-12H2,1-4H3. The highest BCUT2D eigenvalue weighted by atomic mass is 32.2. The van der Waals surface area contributed by atoms with Crippen molar-refractivity contribution in [2.24, 2.45) is 5.92 Å². The summed E-state index contributed by atoms with van der Waals surface area (Å²) >= 11 is 1.45. The summed E-state index contributed by atoms with van der Waals surface area (Å²) in [5, 5.41) is 0. The summed E-state index contributed by atoms with van der Waals surface area (Å²) in [6, 6.07) is 10.4. The lowest BCUT2D eigenvalue weighted by molar-refractivity contribution is 0.0693. The predicted octanol–water partition coefficient (Wildman–Crippen LogP) is 4.70. The first-order valence-corrected chi connectivity index (χ1v) is 12.5. The van der Waals surface area contributed by atoms with Gasteiger partial charge in [0.25, 0.3) is 15.9 Å². The molecule has 1 aliphatic heterocycles. The zero-order chi connectivity index (χ0) is 21.2.